The van der Waals surface area contributed by atoms with E-state index >= 15 is 0 Å². The second kappa shape index (κ2) is 5.22. The molecule has 0 aliphatic rings. The highest BCUT2D eigenvalue weighted by Crippen LogP contribution is 2.39. The largest absolute Gasteiger partial charge is 0.456 e. The van der Waals surface area contributed by atoms with Gasteiger partial charge in [0.25, 0.3) is 0 Å². The first-order valence-corrected chi connectivity index (χ1v) is 6.31. The molecule has 0 spiro atoms. The van der Waals surface area contributed by atoms with E-state index in [4.69, 9.17) is 9.15 Å². The van der Waals surface area contributed by atoms with Crippen LogP contribution in [0.5, 0.6) is 11.5 Å². The maximum absolute atomic E-state index is 13.0. The summed E-state index contributed by atoms with van der Waals surface area (Å²) in [5.41, 5.74) is -0.504. The highest BCUT2D eigenvalue weighted by atomic mass is 19.4. The van der Waals surface area contributed by atoms with Crippen molar-refractivity contribution < 1.29 is 27.1 Å². The van der Waals surface area contributed by atoms with E-state index in [1.165, 1.54) is 30.3 Å². The predicted octanol–water partition coefficient (Wildman–Crippen LogP) is 5.06. The number of fused-ring (bicyclic) bond motifs is 1. The molecule has 0 saturated heterocycles. The fraction of sp³-hybridized carbons (Fsp3) is 0.0625. The van der Waals surface area contributed by atoms with Crippen LogP contribution in [0, 0.1) is 0 Å². The summed E-state index contributed by atoms with van der Waals surface area (Å²) in [6, 6.07) is 11.0. The van der Waals surface area contributed by atoms with Gasteiger partial charge in [0.15, 0.2) is 12.0 Å². The minimum absolute atomic E-state index is 0.0788. The lowest BCUT2D eigenvalue weighted by atomic mass is 10.2. The maximum atomic E-state index is 13.0. The topological polar surface area (TPSA) is 39.4 Å². The minimum atomic E-state index is -4.52. The van der Waals surface area contributed by atoms with Gasteiger partial charge in [-0.1, -0.05) is 18.2 Å². The van der Waals surface area contributed by atoms with E-state index in [-0.39, 0.29) is 17.3 Å². The number of carbonyl (C=O) groups is 1. The molecule has 0 amide bonds. The number of hydrogen-bond acceptors (Lipinski definition) is 3. The van der Waals surface area contributed by atoms with Gasteiger partial charge in [-0.3, -0.25) is 4.79 Å². The molecule has 2 aromatic carbocycles. The van der Waals surface area contributed by atoms with Gasteiger partial charge < -0.3 is 9.15 Å². The van der Waals surface area contributed by atoms with Crippen molar-refractivity contribution in [2.75, 3.05) is 0 Å². The number of carbonyl (C=O) groups excluding carboxylic acids is 1. The van der Waals surface area contributed by atoms with Crippen LogP contribution in [0.25, 0.3) is 11.0 Å². The van der Waals surface area contributed by atoms with Gasteiger partial charge in [-0.25, -0.2) is 0 Å². The third-order valence-corrected chi connectivity index (χ3v) is 3.07. The van der Waals surface area contributed by atoms with Crippen LogP contribution in [0.15, 0.2) is 52.9 Å². The summed E-state index contributed by atoms with van der Waals surface area (Å²) >= 11 is 0. The van der Waals surface area contributed by atoms with E-state index in [1.807, 2.05) is 0 Å². The number of furan rings is 1. The lowest BCUT2D eigenvalue weighted by Gasteiger charge is -2.13. The number of rotatable bonds is 3. The number of para-hydroxylation sites is 1. The number of alkyl halides is 3. The predicted molar refractivity (Wildman–Crippen MR) is 73.1 cm³/mol. The zero-order valence-electron chi connectivity index (χ0n) is 11.1. The number of aldehydes is 1. The Balaban J connectivity index is 2.08. The molecule has 6 heteroatoms. The Morgan fingerprint density at radius 1 is 1.00 bits per heavy atom. The van der Waals surface area contributed by atoms with Gasteiger partial charge in [0.05, 0.1) is 10.9 Å². The van der Waals surface area contributed by atoms with E-state index < -0.39 is 11.7 Å². The Morgan fingerprint density at radius 2 is 1.73 bits per heavy atom. The van der Waals surface area contributed by atoms with Gasteiger partial charge in [-0.05, 0) is 30.3 Å². The normalized spacial score (nSPS) is 11.6. The van der Waals surface area contributed by atoms with Crippen molar-refractivity contribution in [2.24, 2.45) is 0 Å². The molecule has 0 radical (unpaired) electrons. The maximum Gasteiger partial charge on any atom is 0.419 e. The van der Waals surface area contributed by atoms with Crippen LogP contribution in [0.4, 0.5) is 13.2 Å². The molecule has 0 unspecified atom stereocenters. The minimum Gasteiger partial charge on any atom is -0.456 e. The highest BCUT2D eigenvalue weighted by Gasteiger charge is 2.34. The van der Waals surface area contributed by atoms with Crippen molar-refractivity contribution in [3.05, 3.63) is 59.9 Å². The molecule has 1 aromatic heterocycles. The van der Waals surface area contributed by atoms with Gasteiger partial charge in [0, 0.05) is 0 Å². The average molecular weight is 306 g/mol. The molecule has 0 aliphatic heterocycles. The second-order valence-corrected chi connectivity index (χ2v) is 4.53. The molecular formula is C16H9F3O3. The van der Waals surface area contributed by atoms with Crippen molar-refractivity contribution in [3.8, 4) is 11.5 Å². The number of ether oxygens (including phenoxy) is 1. The number of hydrogen-bond donors (Lipinski definition) is 0. The fourth-order valence-corrected chi connectivity index (χ4v) is 2.11. The molecule has 3 aromatic rings. The van der Waals surface area contributed by atoms with Gasteiger partial charge in [-0.2, -0.15) is 13.2 Å². The molecule has 3 nitrogen and oxygen atoms in total. The monoisotopic (exact) mass is 306 g/mol. The Hall–Kier alpha value is -2.76. The number of benzene rings is 2. The zero-order chi connectivity index (χ0) is 15.7. The molecule has 0 aliphatic carbocycles. The Labute approximate surface area is 122 Å². The van der Waals surface area contributed by atoms with E-state index in [1.54, 1.807) is 12.1 Å². The van der Waals surface area contributed by atoms with Crippen molar-refractivity contribution in [2.45, 2.75) is 6.18 Å². The van der Waals surface area contributed by atoms with Crippen LogP contribution in [-0.2, 0) is 6.18 Å². The van der Waals surface area contributed by atoms with Crippen molar-refractivity contribution in [1.29, 1.82) is 0 Å². The van der Waals surface area contributed by atoms with Crippen LogP contribution in [0.3, 0.4) is 0 Å². The van der Waals surface area contributed by atoms with Crippen molar-refractivity contribution in [3.63, 3.8) is 0 Å². The Morgan fingerprint density at radius 3 is 2.45 bits per heavy atom. The Bertz CT molecular complexity index is 834. The van der Waals surface area contributed by atoms with Crippen LogP contribution >= 0.6 is 0 Å². The van der Waals surface area contributed by atoms with Crippen LogP contribution in [0.1, 0.15) is 16.1 Å². The summed E-state index contributed by atoms with van der Waals surface area (Å²) in [6.07, 6.45) is -4.00. The molecule has 3 rings (SSSR count). The van der Waals surface area contributed by atoms with Gasteiger partial charge in [-0.15, -0.1) is 0 Å². The van der Waals surface area contributed by atoms with E-state index in [0.29, 0.717) is 17.3 Å². The molecule has 0 bridgehead atoms. The summed E-state index contributed by atoms with van der Waals surface area (Å²) in [4.78, 5) is 10.7. The molecular weight excluding hydrogens is 297 g/mol. The van der Waals surface area contributed by atoms with Crippen LogP contribution < -0.4 is 4.74 Å². The lowest BCUT2D eigenvalue weighted by molar-refractivity contribution is -0.138. The van der Waals surface area contributed by atoms with E-state index in [0.717, 1.165) is 6.07 Å². The smallest absolute Gasteiger partial charge is 0.419 e. The second-order valence-electron chi connectivity index (χ2n) is 4.53. The van der Waals surface area contributed by atoms with Crippen molar-refractivity contribution >= 4 is 17.3 Å². The Kier molecular flexibility index (Phi) is 3.36. The quantitative estimate of drug-likeness (QED) is 0.635. The summed E-state index contributed by atoms with van der Waals surface area (Å²) in [5, 5.41) is 0.432. The van der Waals surface area contributed by atoms with Gasteiger partial charge >= 0.3 is 6.18 Å². The summed E-state index contributed by atoms with van der Waals surface area (Å²) in [7, 11) is 0. The summed E-state index contributed by atoms with van der Waals surface area (Å²) < 4.78 is 49.6. The zero-order valence-corrected chi connectivity index (χ0v) is 11.1. The molecule has 112 valence electrons. The van der Waals surface area contributed by atoms with E-state index in [9.17, 15) is 18.0 Å². The van der Waals surface area contributed by atoms with Crippen LogP contribution in [-0.4, -0.2) is 6.29 Å². The first kappa shape index (κ1) is 14.2. The highest BCUT2D eigenvalue weighted by molar-refractivity contribution is 5.89. The molecule has 0 atom stereocenters. The summed E-state index contributed by atoms with van der Waals surface area (Å²) in [5.74, 6) is -0.0439. The SMILES string of the molecule is O=Cc1cc2c(Oc3ccccc3C(F)(F)F)cccc2o1. The standard InChI is InChI=1S/C16H9F3O3/c17-16(18,19)12-4-1-2-5-15(12)22-14-7-3-6-13-11(14)8-10(9-20)21-13/h1-9H. The molecule has 1 heterocycles. The van der Waals surface area contributed by atoms with Crippen LogP contribution in [0.2, 0.25) is 0 Å². The lowest BCUT2D eigenvalue weighted by Crippen LogP contribution is -2.06. The molecule has 0 saturated carbocycles. The van der Waals surface area contributed by atoms with E-state index in [2.05, 4.69) is 0 Å². The average Bonchev–Trinajstić information content (AvgIpc) is 2.91. The number of halogens is 3. The van der Waals surface area contributed by atoms with Crippen molar-refractivity contribution in [1.82, 2.24) is 0 Å². The van der Waals surface area contributed by atoms with Gasteiger partial charge in [0.1, 0.15) is 17.1 Å². The molecule has 22 heavy (non-hydrogen) atoms. The first-order valence-electron chi connectivity index (χ1n) is 6.31. The summed E-state index contributed by atoms with van der Waals surface area (Å²) in [6.45, 7) is 0. The molecule has 0 fully saturated rings. The van der Waals surface area contributed by atoms with Gasteiger partial charge in [0.2, 0.25) is 0 Å². The fourth-order valence-electron chi connectivity index (χ4n) is 2.11. The third kappa shape index (κ3) is 2.55. The molecule has 0 N–H and O–H groups in total. The third-order valence-electron chi connectivity index (χ3n) is 3.07. The first-order chi connectivity index (χ1) is 10.5.